The summed E-state index contributed by atoms with van der Waals surface area (Å²) in [6.07, 6.45) is 5.14. The number of rotatable bonds is 5. The van der Waals surface area contributed by atoms with E-state index in [0.717, 1.165) is 29.6 Å². The molecule has 2 saturated carbocycles. The summed E-state index contributed by atoms with van der Waals surface area (Å²) in [4.78, 5) is 9.32. The molecule has 0 aromatic carbocycles. The van der Waals surface area contributed by atoms with Crippen molar-refractivity contribution in [1.82, 2.24) is 9.97 Å². The van der Waals surface area contributed by atoms with Gasteiger partial charge in [-0.2, -0.15) is 0 Å². The minimum atomic E-state index is 0.497. The Morgan fingerprint density at radius 3 is 2.44 bits per heavy atom. The van der Waals surface area contributed by atoms with Crippen LogP contribution in [0.2, 0.25) is 0 Å². The second-order valence-electron chi connectivity index (χ2n) is 6.09. The lowest BCUT2D eigenvalue weighted by Crippen LogP contribution is -2.15. The molecule has 0 aliphatic heterocycles. The van der Waals surface area contributed by atoms with Crippen molar-refractivity contribution in [3.8, 4) is 0 Å². The van der Waals surface area contributed by atoms with Gasteiger partial charge in [-0.3, -0.25) is 0 Å². The molecule has 2 aliphatic carbocycles. The van der Waals surface area contributed by atoms with Gasteiger partial charge in [0.2, 0.25) is 0 Å². The van der Waals surface area contributed by atoms with Gasteiger partial charge in [0, 0.05) is 25.1 Å². The average molecular weight is 246 g/mol. The first kappa shape index (κ1) is 11.8. The molecular weight excluding hydrogens is 224 g/mol. The molecule has 18 heavy (non-hydrogen) atoms. The molecule has 4 nitrogen and oxygen atoms in total. The van der Waals surface area contributed by atoms with Crippen molar-refractivity contribution in [3.05, 3.63) is 11.4 Å². The summed E-state index contributed by atoms with van der Waals surface area (Å²) in [5.74, 6) is 3.59. The van der Waals surface area contributed by atoms with Crippen LogP contribution in [0.25, 0.3) is 0 Å². The van der Waals surface area contributed by atoms with Gasteiger partial charge in [-0.05, 0) is 38.0 Å². The lowest BCUT2D eigenvalue weighted by Gasteiger charge is -2.15. The third-order valence-corrected chi connectivity index (χ3v) is 4.13. The highest BCUT2D eigenvalue weighted by Crippen LogP contribution is 2.45. The van der Waals surface area contributed by atoms with Gasteiger partial charge < -0.3 is 10.6 Å². The van der Waals surface area contributed by atoms with Gasteiger partial charge in [0.25, 0.3) is 0 Å². The SMILES string of the molecule is CNc1nc(C2CC2)nc(NCC2(C)CC2)c1C. The van der Waals surface area contributed by atoms with Crippen LogP contribution in [0.1, 0.15) is 49.9 Å². The van der Waals surface area contributed by atoms with E-state index in [9.17, 15) is 0 Å². The summed E-state index contributed by atoms with van der Waals surface area (Å²) >= 11 is 0. The molecule has 1 aromatic heterocycles. The fourth-order valence-electron chi connectivity index (χ4n) is 2.16. The second kappa shape index (κ2) is 4.11. The van der Waals surface area contributed by atoms with Crippen molar-refractivity contribution in [1.29, 1.82) is 0 Å². The monoisotopic (exact) mass is 246 g/mol. The van der Waals surface area contributed by atoms with Crippen LogP contribution in [0.5, 0.6) is 0 Å². The summed E-state index contributed by atoms with van der Waals surface area (Å²) in [6, 6.07) is 0. The van der Waals surface area contributed by atoms with E-state index in [0.29, 0.717) is 11.3 Å². The molecule has 1 aromatic rings. The predicted octanol–water partition coefficient (Wildman–Crippen LogP) is 2.92. The van der Waals surface area contributed by atoms with Crippen molar-refractivity contribution in [2.24, 2.45) is 5.41 Å². The standard InChI is InChI=1S/C14H22N4/c1-9-11(15-3)17-13(10-4-5-10)18-12(9)16-8-14(2)6-7-14/h10H,4-8H2,1-3H3,(H2,15,16,17,18). The zero-order valence-electron chi connectivity index (χ0n) is 11.5. The number of hydrogen-bond donors (Lipinski definition) is 2. The van der Waals surface area contributed by atoms with Crippen LogP contribution in [-0.4, -0.2) is 23.6 Å². The highest BCUT2D eigenvalue weighted by Gasteiger charge is 2.37. The minimum Gasteiger partial charge on any atom is -0.373 e. The van der Waals surface area contributed by atoms with Crippen molar-refractivity contribution >= 4 is 11.6 Å². The molecular formula is C14H22N4. The zero-order chi connectivity index (χ0) is 12.8. The van der Waals surface area contributed by atoms with Crippen LogP contribution in [-0.2, 0) is 0 Å². The van der Waals surface area contributed by atoms with Crippen molar-refractivity contribution in [2.45, 2.75) is 45.4 Å². The molecule has 0 radical (unpaired) electrons. The van der Waals surface area contributed by atoms with E-state index in [2.05, 4.69) is 29.5 Å². The molecule has 0 atom stereocenters. The summed E-state index contributed by atoms with van der Waals surface area (Å²) in [5.41, 5.74) is 1.63. The van der Waals surface area contributed by atoms with Crippen LogP contribution in [0.15, 0.2) is 0 Å². The molecule has 2 fully saturated rings. The second-order valence-corrected chi connectivity index (χ2v) is 6.09. The first-order valence-corrected chi connectivity index (χ1v) is 6.91. The molecule has 0 unspecified atom stereocenters. The first-order chi connectivity index (χ1) is 8.61. The Bertz CT molecular complexity index is 461. The van der Waals surface area contributed by atoms with E-state index in [1.807, 2.05) is 7.05 Å². The van der Waals surface area contributed by atoms with Gasteiger partial charge in [-0.25, -0.2) is 9.97 Å². The largest absolute Gasteiger partial charge is 0.373 e. The number of hydrogen-bond acceptors (Lipinski definition) is 4. The zero-order valence-corrected chi connectivity index (χ0v) is 11.5. The van der Waals surface area contributed by atoms with E-state index >= 15 is 0 Å². The molecule has 0 spiro atoms. The average Bonchev–Trinajstić information content (AvgIpc) is 3.24. The van der Waals surface area contributed by atoms with Crippen molar-refractivity contribution in [2.75, 3.05) is 24.2 Å². The Labute approximate surface area is 109 Å². The normalized spacial score (nSPS) is 20.6. The molecule has 0 amide bonds. The van der Waals surface area contributed by atoms with E-state index in [4.69, 9.17) is 4.98 Å². The van der Waals surface area contributed by atoms with E-state index < -0.39 is 0 Å². The van der Waals surface area contributed by atoms with Crippen LogP contribution in [0.3, 0.4) is 0 Å². The van der Waals surface area contributed by atoms with Gasteiger partial charge in [0.05, 0.1) is 0 Å². The molecule has 0 saturated heterocycles. The van der Waals surface area contributed by atoms with Gasteiger partial charge in [0.15, 0.2) is 0 Å². The van der Waals surface area contributed by atoms with Gasteiger partial charge >= 0.3 is 0 Å². The molecule has 1 heterocycles. The number of nitrogens with zero attached hydrogens (tertiary/aromatic N) is 2. The maximum absolute atomic E-state index is 4.71. The Kier molecular flexibility index (Phi) is 2.68. The fraction of sp³-hybridized carbons (Fsp3) is 0.714. The quantitative estimate of drug-likeness (QED) is 0.838. The third-order valence-electron chi connectivity index (χ3n) is 4.13. The van der Waals surface area contributed by atoms with E-state index in [-0.39, 0.29) is 0 Å². The molecule has 0 bridgehead atoms. The molecule has 2 N–H and O–H groups in total. The Balaban J connectivity index is 1.83. The van der Waals surface area contributed by atoms with Gasteiger partial charge in [-0.1, -0.05) is 6.92 Å². The van der Waals surface area contributed by atoms with Crippen LogP contribution < -0.4 is 10.6 Å². The highest BCUT2D eigenvalue weighted by molar-refractivity contribution is 5.57. The lowest BCUT2D eigenvalue weighted by atomic mass is 10.1. The minimum absolute atomic E-state index is 0.497. The number of aromatic nitrogens is 2. The Morgan fingerprint density at radius 1 is 1.22 bits per heavy atom. The maximum atomic E-state index is 4.71. The molecule has 2 aliphatic rings. The highest BCUT2D eigenvalue weighted by atomic mass is 15.1. The van der Waals surface area contributed by atoms with Crippen LogP contribution >= 0.6 is 0 Å². The molecule has 4 heteroatoms. The summed E-state index contributed by atoms with van der Waals surface area (Å²) < 4.78 is 0. The van der Waals surface area contributed by atoms with Gasteiger partial charge in [-0.15, -0.1) is 0 Å². The topological polar surface area (TPSA) is 49.8 Å². The molecule has 3 rings (SSSR count). The van der Waals surface area contributed by atoms with E-state index in [1.165, 1.54) is 25.7 Å². The molecule has 98 valence electrons. The van der Waals surface area contributed by atoms with E-state index in [1.54, 1.807) is 0 Å². The summed E-state index contributed by atoms with van der Waals surface area (Å²) in [7, 11) is 1.93. The Hall–Kier alpha value is -1.32. The smallest absolute Gasteiger partial charge is 0.136 e. The predicted molar refractivity (Wildman–Crippen MR) is 74.1 cm³/mol. The third kappa shape index (κ3) is 2.28. The first-order valence-electron chi connectivity index (χ1n) is 6.91. The maximum Gasteiger partial charge on any atom is 0.136 e. The lowest BCUT2D eigenvalue weighted by molar-refractivity contribution is 0.608. The van der Waals surface area contributed by atoms with Crippen LogP contribution in [0.4, 0.5) is 11.6 Å². The summed E-state index contributed by atoms with van der Waals surface area (Å²) in [5, 5.41) is 6.70. The Morgan fingerprint density at radius 2 is 1.89 bits per heavy atom. The van der Waals surface area contributed by atoms with Crippen molar-refractivity contribution < 1.29 is 0 Å². The summed E-state index contributed by atoms with van der Waals surface area (Å²) in [6.45, 7) is 5.44. The fourth-order valence-corrected chi connectivity index (χ4v) is 2.16. The van der Waals surface area contributed by atoms with Crippen LogP contribution in [0, 0.1) is 12.3 Å². The van der Waals surface area contributed by atoms with Crippen molar-refractivity contribution in [3.63, 3.8) is 0 Å². The number of anilines is 2. The number of nitrogens with one attached hydrogen (secondary N) is 2. The van der Waals surface area contributed by atoms with Gasteiger partial charge in [0.1, 0.15) is 17.5 Å².